The van der Waals surface area contributed by atoms with E-state index in [2.05, 4.69) is 0 Å². The van der Waals surface area contributed by atoms with Crippen LogP contribution >= 0.6 is 0 Å². The van der Waals surface area contributed by atoms with Crippen molar-refractivity contribution in [1.29, 1.82) is 0 Å². The smallest absolute Gasteiger partial charge is 0.128 e. The van der Waals surface area contributed by atoms with E-state index in [1.807, 2.05) is 0 Å². The van der Waals surface area contributed by atoms with Crippen LogP contribution in [0.3, 0.4) is 0 Å². The molecule has 0 spiro atoms. The molecule has 0 aromatic heterocycles. The Morgan fingerprint density at radius 1 is 1.09 bits per heavy atom. The van der Waals surface area contributed by atoms with E-state index in [0.29, 0.717) is 6.29 Å². The Labute approximate surface area is 63.9 Å². The van der Waals surface area contributed by atoms with Gasteiger partial charge in [-0.15, -0.1) is 0 Å². The molecule has 66 valence electrons. The monoisotopic (exact) mass is 164 g/mol. The molecular formula is C6H12O5. The van der Waals surface area contributed by atoms with Gasteiger partial charge in [-0.3, -0.25) is 0 Å². The second-order valence-electron chi connectivity index (χ2n) is 2.21. The fourth-order valence-corrected chi connectivity index (χ4v) is 0.681. The van der Waals surface area contributed by atoms with Crippen molar-refractivity contribution >= 4 is 6.29 Å². The highest BCUT2D eigenvalue weighted by Crippen LogP contribution is 2.05. The van der Waals surface area contributed by atoms with E-state index in [-0.39, 0.29) is 0 Å². The molecule has 0 aliphatic rings. The van der Waals surface area contributed by atoms with Crippen molar-refractivity contribution in [2.45, 2.75) is 12.2 Å². The molecule has 2 atom stereocenters. The van der Waals surface area contributed by atoms with Gasteiger partial charge in [-0.25, -0.2) is 0 Å². The predicted octanol–water partition coefficient (Wildman–Crippen LogP) is -2.49. The first-order valence-corrected chi connectivity index (χ1v) is 3.20. The lowest BCUT2D eigenvalue weighted by atomic mass is 9.99. The standard InChI is InChI=1S/C6H12O5/c7-1-4(5(10)2-8)6(11)3-9/h1,4-6,8-11H,2-3H2. The Balaban J connectivity index is 4.03. The third kappa shape index (κ3) is 2.94. The molecule has 5 heteroatoms. The SMILES string of the molecule is O=CC(C(O)CO)C(O)CO. The number of carbonyl (C=O) groups excluding carboxylic acids is 1. The van der Waals surface area contributed by atoms with Crippen molar-refractivity contribution < 1.29 is 25.2 Å². The second-order valence-corrected chi connectivity index (χ2v) is 2.21. The van der Waals surface area contributed by atoms with Crippen molar-refractivity contribution in [3.05, 3.63) is 0 Å². The van der Waals surface area contributed by atoms with E-state index in [4.69, 9.17) is 20.4 Å². The average Bonchev–Trinajstić information content (AvgIpc) is 2.05. The summed E-state index contributed by atoms with van der Waals surface area (Å²) in [6.07, 6.45) is -2.31. The van der Waals surface area contributed by atoms with Gasteiger partial charge in [-0.05, 0) is 0 Å². The Morgan fingerprint density at radius 3 is 1.64 bits per heavy atom. The van der Waals surface area contributed by atoms with Gasteiger partial charge in [0.05, 0.1) is 31.3 Å². The summed E-state index contributed by atoms with van der Waals surface area (Å²) in [6, 6.07) is 0. The van der Waals surface area contributed by atoms with Crippen LogP contribution in [0, 0.1) is 5.92 Å². The number of aliphatic hydroxyl groups is 4. The first-order chi connectivity index (χ1) is 5.17. The van der Waals surface area contributed by atoms with Gasteiger partial charge >= 0.3 is 0 Å². The van der Waals surface area contributed by atoms with Gasteiger partial charge in [-0.1, -0.05) is 0 Å². The number of aliphatic hydroxyl groups excluding tert-OH is 4. The zero-order valence-electron chi connectivity index (χ0n) is 5.92. The molecule has 0 fully saturated rings. The summed E-state index contributed by atoms with van der Waals surface area (Å²) < 4.78 is 0. The Morgan fingerprint density at radius 2 is 1.45 bits per heavy atom. The summed E-state index contributed by atoms with van der Waals surface area (Å²) in [6.45, 7) is -1.22. The van der Waals surface area contributed by atoms with Gasteiger partial charge in [0, 0.05) is 0 Å². The average molecular weight is 164 g/mol. The van der Waals surface area contributed by atoms with E-state index >= 15 is 0 Å². The molecule has 11 heavy (non-hydrogen) atoms. The third-order valence-electron chi connectivity index (χ3n) is 1.42. The fourth-order valence-electron chi connectivity index (χ4n) is 0.681. The molecule has 0 bridgehead atoms. The summed E-state index contributed by atoms with van der Waals surface area (Å²) in [5.74, 6) is -1.12. The maximum Gasteiger partial charge on any atom is 0.128 e. The normalized spacial score (nSPS) is 18.9. The van der Waals surface area contributed by atoms with E-state index in [1.54, 1.807) is 0 Å². The molecule has 4 N–H and O–H groups in total. The summed E-state index contributed by atoms with van der Waals surface area (Å²) in [5.41, 5.74) is 0. The Bertz CT molecular complexity index is 106. The number of carbonyl (C=O) groups is 1. The van der Waals surface area contributed by atoms with Gasteiger partial charge in [0.15, 0.2) is 0 Å². The highest BCUT2D eigenvalue weighted by molar-refractivity contribution is 5.55. The van der Waals surface area contributed by atoms with Crippen LogP contribution in [0.15, 0.2) is 0 Å². The van der Waals surface area contributed by atoms with E-state index in [0.717, 1.165) is 0 Å². The zero-order chi connectivity index (χ0) is 8.85. The lowest BCUT2D eigenvalue weighted by Crippen LogP contribution is -2.37. The second kappa shape index (κ2) is 5.20. The van der Waals surface area contributed by atoms with E-state index in [1.165, 1.54) is 0 Å². The summed E-state index contributed by atoms with van der Waals surface area (Å²) >= 11 is 0. The highest BCUT2D eigenvalue weighted by Gasteiger charge is 2.25. The van der Waals surface area contributed by atoms with Gasteiger partial charge < -0.3 is 25.2 Å². The van der Waals surface area contributed by atoms with E-state index in [9.17, 15) is 4.79 Å². The maximum atomic E-state index is 10.2. The van der Waals surface area contributed by atoms with Gasteiger partial charge in [0.1, 0.15) is 6.29 Å². The third-order valence-corrected chi connectivity index (χ3v) is 1.42. The van der Waals surface area contributed by atoms with Crippen LogP contribution < -0.4 is 0 Å². The lowest BCUT2D eigenvalue weighted by molar-refractivity contribution is -0.122. The topological polar surface area (TPSA) is 98.0 Å². The van der Waals surface area contributed by atoms with Crippen LogP contribution in [0.25, 0.3) is 0 Å². The van der Waals surface area contributed by atoms with E-state index < -0.39 is 31.3 Å². The molecule has 0 amide bonds. The number of hydrogen-bond acceptors (Lipinski definition) is 5. The Hall–Kier alpha value is -0.490. The summed E-state index contributed by atoms with van der Waals surface area (Å²) in [5, 5.41) is 34.5. The Kier molecular flexibility index (Phi) is 4.97. The van der Waals surface area contributed by atoms with Crippen LogP contribution in [-0.2, 0) is 4.79 Å². The number of rotatable bonds is 5. The number of aldehydes is 1. The molecule has 2 unspecified atom stereocenters. The molecule has 0 aliphatic heterocycles. The zero-order valence-corrected chi connectivity index (χ0v) is 5.92. The van der Waals surface area contributed by atoms with Crippen molar-refractivity contribution in [1.82, 2.24) is 0 Å². The van der Waals surface area contributed by atoms with Crippen LogP contribution in [0.5, 0.6) is 0 Å². The predicted molar refractivity (Wildman–Crippen MR) is 35.7 cm³/mol. The summed E-state index contributed by atoms with van der Waals surface area (Å²) in [4.78, 5) is 10.2. The largest absolute Gasteiger partial charge is 0.394 e. The highest BCUT2D eigenvalue weighted by atomic mass is 16.3. The maximum absolute atomic E-state index is 10.2. The fraction of sp³-hybridized carbons (Fsp3) is 0.833. The van der Waals surface area contributed by atoms with Crippen molar-refractivity contribution in [3.63, 3.8) is 0 Å². The molecule has 5 nitrogen and oxygen atoms in total. The molecule has 0 rings (SSSR count). The quantitative estimate of drug-likeness (QED) is 0.337. The molecular weight excluding hydrogens is 152 g/mol. The minimum atomic E-state index is -1.31. The molecule has 0 heterocycles. The first-order valence-electron chi connectivity index (χ1n) is 3.20. The molecule has 0 radical (unpaired) electrons. The van der Waals surface area contributed by atoms with Crippen LogP contribution in [-0.4, -0.2) is 52.1 Å². The van der Waals surface area contributed by atoms with Crippen molar-refractivity contribution in [2.75, 3.05) is 13.2 Å². The van der Waals surface area contributed by atoms with Crippen LogP contribution in [0.1, 0.15) is 0 Å². The van der Waals surface area contributed by atoms with Crippen LogP contribution in [0.2, 0.25) is 0 Å². The summed E-state index contributed by atoms with van der Waals surface area (Å²) in [7, 11) is 0. The lowest BCUT2D eigenvalue weighted by Gasteiger charge is -2.19. The molecule has 0 saturated carbocycles. The molecule has 0 saturated heterocycles. The van der Waals surface area contributed by atoms with Crippen molar-refractivity contribution in [2.24, 2.45) is 5.92 Å². The number of hydrogen-bond donors (Lipinski definition) is 4. The minimum absolute atomic E-state index is 0.307. The van der Waals surface area contributed by atoms with Gasteiger partial charge in [0.25, 0.3) is 0 Å². The molecule has 0 aliphatic carbocycles. The van der Waals surface area contributed by atoms with Crippen molar-refractivity contribution in [3.8, 4) is 0 Å². The molecule has 0 aromatic rings. The first kappa shape index (κ1) is 10.5. The van der Waals surface area contributed by atoms with Crippen LogP contribution in [0.4, 0.5) is 0 Å². The minimum Gasteiger partial charge on any atom is -0.394 e. The van der Waals surface area contributed by atoms with Gasteiger partial charge in [0.2, 0.25) is 0 Å². The van der Waals surface area contributed by atoms with Gasteiger partial charge in [-0.2, -0.15) is 0 Å². The molecule has 0 aromatic carbocycles.